The van der Waals surface area contributed by atoms with Crippen molar-refractivity contribution in [1.82, 2.24) is 4.31 Å². The zero-order valence-corrected chi connectivity index (χ0v) is 12.5. The number of para-hydroxylation sites is 1. The van der Waals surface area contributed by atoms with E-state index in [1.54, 1.807) is 37.3 Å². The number of primary amides is 1. The summed E-state index contributed by atoms with van der Waals surface area (Å²) < 4.78 is 25.7. The smallest absolute Gasteiger partial charge is 0.232 e. The fourth-order valence-electron chi connectivity index (χ4n) is 1.83. The summed E-state index contributed by atoms with van der Waals surface area (Å²) in [5.74, 6) is -0.791. The van der Waals surface area contributed by atoms with E-state index < -0.39 is 27.7 Å². The molecule has 8 heteroatoms. The summed E-state index contributed by atoms with van der Waals surface area (Å²) in [5.41, 5.74) is 11.8. The molecule has 0 aliphatic carbocycles. The Kier molecular flexibility index (Phi) is 5.69. The predicted molar refractivity (Wildman–Crippen MR) is 79.1 cm³/mol. The third kappa shape index (κ3) is 4.18. The lowest BCUT2D eigenvalue weighted by Crippen LogP contribution is -2.42. The molecule has 21 heavy (non-hydrogen) atoms. The van der Waals surface area contributed by atoms with Gasteiger partial charge in [-0.2, -0.15) is 9.57 Å². The number of nitrogens with zero attached hydrogens (tertiary/aromatic N) is 2. The van der Waals surface area contributed by atoms with Crippen LogP contribution in [0.2, 0.25) is 0 Å². The summed E-state index contributed by atoms with van der Waals surface area (Å²) in [6.45, 7) is 0.996. The standard InChI is InChI=1S/C13H18N4O3S/c1-2-11(7-14)21(19,20)17(9-13(16)18)8-10-5-3-4-6-12(10)15/h3-6,11H,2,8-9,15H2,1H3,(H2,16,18). The van der Waals surface area contributed by atoms with Gasteiger partial charge in [-0.15, -0.1) is 0 Å². The highest BCUT2D eigenvalue weighted by Gasteiger charge is 2.32. The van der Waals surface area contributed by atoms with Crippen LogP contribution in [-0.4, -0.2) is 30.4 Å². The molecule has 0 aromatic heterocycles. The maximum atomic E-state index is 12.4. The molecule has 0 fully saturated rings. The second kappa shape index (κ2) is 7.06. The van der Waals surface area contributed by atoms with Gasteiger partial charge in [-0.3, -0.25) is 4.79 Å². The number of rotatable bonds is 7. The van der Waals surface area contributed by atoms with Crippen molar-refractivity contribution in [1.29, 1.82) is 5.26 Å². The monoisotopic (exact) mass is 310 g/mol. The molecule has 114 valence electrons. The number of amides is 1. The molecule has 1 amide bonds. The molecule has 0 saturated heterocycles. The summed E-state index contributed by atoms with van der Waals surface area (Å²) >= 11 is 0. The van der Waals surface area contributed by atoms with Gasteiger partial charge < -0.3 is 11.5 Å². The molecular weight excluding hydrogens is 292 g/mol. The third-order valence-corrected chi connectivity index (χ3v) is 5.10. The van der Waals surface area contributed by atoms with Gasteiger partial charge >= 0.3 is 0 Å². The Labute approximate surface area is 124 Å². The Morgan fingerprint density at radius 1 is 1.43 bits per heavy atom. The number of hydrogen-bond donors (Lipinski definition) is 2. The number of nitrogen functional groups attached to an aromatic ring is 1. The Morgan fingerprint density at radius 3 is 2.52 bits per heavy atom. The quantitative estimate of drug-likeness (QED) is 0.694. The molecule has 0 bridgehead atoms. The minimum Gasteiger partial charge on any atom is -0.398 e. The van der Waals surface area contributed by atoms with Crippen LogP contribution < -0.4 is 11.5 Å². The minimum absolute atomic E-state index is 0.101. The number of carbonyl (C=O) groups is 1. The number of sulfonamides is 1. The largest absolute Gasteiger partial charge is 0.398 e. The maximum absolute atomic E-state index is 12.4. The van der Waals surface area contributed by atoms with Gasteiger partial charge in [0.15, 0.2) is 5.25 Å². The van der Waals surface area contributed by atoms with Crippen LogP contribution in [0.25, 0.3) is 0 Å². The van der Waals surface area contributed by atoms with E-state index in [1.165, 1.54) is 0 Å². The summed E-state index contributed by atoms with van der Waals surface area (Å²) in [7, 11) is -3.96. The van der Waals surface area contributed by atoms with E-state index in [9.17, 15) is 13.2 Å². The van der Waals surface area contributed by atoms with E-state index in [0.717, 1.165) is 4.31 Å². The molecule has 0 aliphatic heterocycles. The molecule has 0 saturated carbocycles. The van der Waals surface area contributed by atoms with E-state index in [-0.39, 0.29) is 13.0 Å². The number of nitriles is 1. The summed E-state index contributed by atoms with van der Waals surface area (Å²) in [4.78, 5) is 11.1. The van der Waals surface area contributed by atoms with Crippen LogP contribution in [0.1, 0.15) is 18.9 Å². The van der Waals surface area contributed by atoms with Gasteiger partial charge in [0, 0.05) is 12.2 Å². The first-order valence-corrected chi connectivity index (χ1v) is 7.83. The van der Waals surface area contributed by atoms with E-state index in [4.69, 9.17) is 16.7 Å². The highest BCUT2D eigenvalue weighted by Crippen LogP contribution is 2.19. The number of nitrogens with two attached hydrogens (primary N) is 2. The molecule has 1 aromatic rings. The van der Waals surface area contributed by atoms with Crippen molar-refractivity contribution in [2.75, 3.05) is 12.3 Å². The molecule has 0 radical (unpaired) electrons. The Balaban J connectivity index is 3.16. The molecule has 1 atom stereocenters. The van der Waals surface area contributed by atoms with Gasteiger partial charge in [0.2, 0.25) is 15.9 Å². The maximum Gasteiger partial charge on any atom is 0.232 e. The Bertz CT molecular complexity index is 652. The van der Waals surface area contributed by atoms with E-state index >= 15 is 0 Å². The highest BCUT2D eigenvalue weighted by atomic mass is 32.2. The summed E-state index contributed by atoms with van der Waals surface area (Å²) in [6, 6.07) is 8.45. The van der Waals surface area contributed by atoms with Gasteiger partial charge in [0.1, 0.15) is 0 Å². The predicted octanol–water partition coefficient (Wildman–Crippen LogP) is 0.188. The SMILES string of the molecule is CCC(C#N)S(=O)(=O)N(CC(N)=O)Cc1ccccc1N. The van der Waals surface area contributed by atoms with E-state index in [0.29, 0.717) is 11.3 Å². The van der Waals surface area contributed by atoms with Crippen molar-refractivity contribution in [2.45, 2.75) is 25.1 Å². The first kappa shape index (κ1) is 16.9. The van der Waals surface area contributed by atoms with Crippen LogP contribution in [0.15, 0.2) is 24.3 Å². The molecule has 1 aromatic carbocycles. The molecule has 0 aliphatic rings. The average Bonchev–Trinajstić information content (AvgIpc) is 2.41. The lowest BCUT2D eigenvalue weighted by atomic mass is 10.2. The molecule has 1 rings (SSSR count). The molecule has 0 spiro atoms. The van der Waals surface area contributed by atoms with Crippen molar-refractivity contribution in [3.05, 3.63) is 29.8 Å². The molecular formula is C13H18N4O3S. The van der Waals surface area contributed by atoms with Crippen LogP contribution >= 0.6 is 0 Å². The zero-order valence-electron chi connectivity index (χ0n) is 11.7. The van der Waals surface area contributed by atoms with Crippen LogP contribution in [0, 0.1) is 11.3 Å². The van der Waals surface area contributed by atoms with Crippen molar-refractivity contribution < 1.29 is 13.2 Å². The number of hydrogen-bond acceptors (Lipinski definition) is 5. The molecule has 0 heterocycles. The number of benzene rings is 1. The second-order valence-electron chi connectivity index (χ2n) is 4.50. The zero-order chi connectivity index (χ0) is 16.0. The highest BCUT2D eigenvalue weighted by molar-refractivity contribution is 7.90. The van der Waals surface area contributed by atoms with Gasteiger partial charge in [0.25, 0.3) is 0 Å². The normalized spacial score (nSPS) is 12.8. The lowest BCUT2D eigenvalue weighted by Gasteiger charge is -2.23. The van der Waals surface area contributed by atoms with Gasteiger partial charge in [0.05, 0.1) is 12.6 Å². The van der Waals surface area contributed by atoms with Gasteiger partial charge in [-0.05, 0) is 18.1 Å². The Hall–Kier alpha value is -2.11. The fraction of sp³-hybridized carbons (Fsp3) is 0.385. The van der Waals surface area contributed by atoms with E-state index in [2.05, 4.69) is 0 Å². The Morgan fingerprint density at radius 2 is 2.05 bits per heavy atom. The van der Waals surface area contributed by atoms with Crippen LogP contribution in [0.4, 0.5) is 5.69 Å². The van der Waals surface area contributed by atoms with Gasteiger partial charge in [-0.25, -0.2) is 8.42 Å². The first-order valence-electron chi connectivity index (χ1n) is 6.33. The van der Waals surface area contributed by atoms with Crippen molar-refractivity contribution in [3.63, 3.8) is 0 Å². The van der Waals surface area contributed by atoms with Crippen LogP contribution in [0.5, 0.6) is 0 Å². The third-order valence-electron chi connectivity index (χ3n) is 2.97. The average molecular weight is 310 g/mol. The summed E-state index contributed by atoms with van der Waals surface area (Å²) in [5, 5.41) is 7.75. The fourth-order valence-corrected chi connectivity index (χ4v) is 3.37. The van der Waals surface area contributed by atoms with Crippen LogP contribution in [0.3, 0.4) is 0 Å². The van der Waals surface area contributed by atoms with Crippen LogP contribution in [-0.2, 0) is 21.4 Å². The van der Waals surface area contributed by atoms with Crippen molar-refractivity contribution in [2.24, 2.45) is 5.73 Å². The molecule has 1 unspecified atom stereocenters. The number of anilines is 1. The molecule has 4 N–H and O–H groups in total. The van der Waals surface area contributed by atoms with Gasteiger partial charge in [-0.1, -0.05) is 25.1 Å². The van der Waals surface area contributed by atoms with Crippen molar-refractivity contribution in [3.8, 4) is 6.07 Å². The molecule has 7 nitrogen and oxygen atoms in total. The summed E-state index contributed by atoms with van der Waals surface area (Å²) in [6.07, 6.45) is 0.123. The minimum atomic E-state index is -3.96. The first-order chi connectivity index (χ1) is 9.82. The van der Waals surface area contributed by atoms with Crippen molar-refractivity contribution >= 4 is 21.6 Å². The van der Waals surface area contributed by atoms with E-state index in [1.807, 2.05) is 0 Å². The second-order valence-corrected chi connectivity index (χ2v) is 6.62. The lowest BCUT2D eigenvalue weighted by molar-refractivity contribution is -0.118. The number of carbonyl (C=O) groups excluding carboxylic acids is 1. The topological polar surface area (TPSA) is 130 Å².